The summed E-state index contributed by atoms with van der Waals surface area (Å²) in [5.41, 5.74) is 0. The number of rotatable bonds is 5. The van der Waals surface area contributed by atoms with E-state index in [2.05, 4.69) is 10.3 Å². The van der Waals surface area contributed by atoms with Crippen molar-refractivity contribution in [2.75, 3.05) is 12.8 Å². The zero-order chi connectivity index (χ0) is 9.52. The molecule has 0 fully saturated rings. The number of hydrogen-bond acceptors (Lipinski definition) is 4. The topological polar surface area (TPSA) is 42.0 Å². The Bertz CT molecular complexity index is 253. The van der Waals surface area contributed by atoms with Crippen LogP contribution in [0.2, 0.25) is 0 Å². The molecule has 3 nitrogen and oxygen atoms in total. The van der Waals surface area contributed by atoms with E-state index in [1.165, 1.54) is 0 Å². The molecule has 0 amide bonds. The minimum Gasteiger partial charge on any atom is -0.310 e. The van der Waals surface area contributed by atoms with Crippen molar-refractivity contribution in [3.05, 3.63) is 24.5 Å². The highest BCUT2D eigenvalue weighted by atomic mass is 32.2. The lowest BCUT2D eigenvalue weighted by Gasteiger charge is -2.07. The third kappa shape index (κ3) is 3.57. The number of carbonyl (C=O) groups excluding carboxylic acids is 1. The van der Waals surface area contributed by atoms with Gasteiger partial charge < -0.3 is 10.1 Å². The third-order valence-corrected chi connectivity index (χ3v) is 2.75. The SMILES string of the molecule is CNC(C=O)CSc1ccncc1. The summed E-state index contributed by atoms with van der Waals surface area (Å²) >= 11 is 1.64. The maximum Gasteiger partial charge on any atom is 0.137 e. The van der Waals surface area contributed by atoms with Gasteiger partial charge in [-0.15, -0.1) is 11.8 Å². The fraction of sp³-hybridized carbons (Fsp3) is 0.333. The summed E-state index contributed by atoms with van der Waals surface area (Å²) in [6.07, 6.45) is 4.42. The first kappa shape index (κ1) is 10.2. The van der Waals surface area contributed by atoms with Gasteiger partial charge in [0.2, 0.25) is 0 Å². The Morgan fingerprint density at radius 3 is 2.85 bits per heavy atom. The molecule has 0 spiro atoms. The van der Waals surface area contributed by atoms with Crippen molar-refractivity contribution in [3.63, 3.8) is 0 Å². The van der Waals surface area contributed by atoms with E-state index in [0.717, 1.165) is 16.9 Å². The minimum absolute atomic E-state index is 0.0711. The second-order valence-electron chi connectivity index (χ2n) is 2.53. The van der Waals surface area contributed by atoms with Crippen LogP contribution < -0.4 is 5.32 Å². The van der Waals surface area contributed by atoms with E-state index in [1.54, 1.807) is 31.2 Å². The number of aromatic nitrogens is 1. The van der Waals surface area contributed by atoms with Crippen molar-refractivity contribution in [1.82, 2.24) is 10.3 Å². The summed E-state index contributed by atoms with van der Waals surface area (Å²) in [7, 11) is 1.78. The Kier molecular flexibility index (Phi) is 4.49. The van der Waals surface area contributed by atoms with Crippen LogP contribution in [0.3, 0.4) is 0 Å². The van der Waals surface area contributed by atoms with Crippen molar-refractivity contribution >= 4 is 18.0 Å². The summed E-state index contributed by atoms with van der Waals surface area (Å²) in [4.78, 5) is 15.5. The molecule has 0 saturated heterocycles. The fourth-order valence-electron chi connectivity index (χ4n) is 0.811. The maximum atomic E-state index is 10.5. The van der Waals surface area contributed by atoms with Crippen molar-refractivity contribution in [1.29, 1.82) is 0 Å². The highest BCUT2D eigenvalue weighted by molar-refractivity contribution is 7.99. The fourth-order valence-corrected chi connectivity index (χ4v) is 1.74. The van der Waals surface area contributed by atoms with Gasteiger partial charge in [0.15, 0.2) is 0 Å². The lowest BCUT2D eigenvalue weighted by atomic mass is 10.4. The van der Waals surface area contributed by atoms with Gasteiger partial charge in [-0.05, 0) is 19.2 Å². The van der Waals surface area contributed by atoms with Gasteiger partial charge in [0.05, 0.1) is 6.04 Å². The van der Waals surface area contributed by atoms with Gasteiger partial charge in [-0.3, -0.25) is 4.98 Å². The second-order valence-corrected chi connectivity index (χ2v) is 3.62. The van der Waals surface area contributed by atoms with E-state index < -0.39 is 0 Å². The number of carbonyl (C=O) groups is 1. The van der Waals surface area contributed by atoms with Crippen molar-refractivity contribution in [3.8, 4) is 0 Å². The molecule has 1 N–H and O–H groups in total. The second kappa shape index (κ2) is 5.72. The zero-order valence-corrected chi connectivity index (χ0v) is 8.25. The molecule has 1 rings (SSSR count). The quantitative estimate of drug-likeness (QED) is 0.562. The third-order valence-electron chi connectivity index (χ3n) is 1.61. The van der Waals surface area contributed by atoms with Crippen molar-refractivity contribution in [2.45, 2.75) is 10.9 Å². The average Bonchev–Trinajstić information content (AvgIpc) is 2.21. The molecule has 0 aliphatic carbocycles. The van der Waals surface area contributed by atoms with Gasteiger partial charge in [-0.2, -0.15) is 0 Å². The summed E-state index contributed by atoms with van der Waals surface area (Å²) in [6.45, 7) is 0. The van der Waals surface area contributed by atoms with E-state index in [1.807, 2.05) is 12.1 Å². The van der Waals surface area contributed by atoms with Crippen LogP contribution in [-0.4, -0.2) is 30.1 Å². The molecule has 1 heterocycles. The Morgan fingerprint density at radius 2 is 2.31 bits per heavy atom. The molecule has 1 aromatic rings. The van der Waals surface area contributed by atoms with Gasteiger partial charge in [-0.1, -0.05) is 0 Å². The molecule has 70 valence electrons. The van der Waals surface area contributed by atoms with Gasteiger partial charge in [0.25, 0.3) is 0 Å². The van der Waals surface area contributed by atoms with Crippen LogP contribution in [-0.2, 0) is 4.79 Å². The van der Waals surface area contributed by atoms with E-state index in [0.29, 0.717) is 0 Å². The van der Waals surface area contributed by atoms with E-state index in [9.17, 15) is 4.79 Å². The van der Waals surface area contributed by atoms with Crippen LogP contribution in [0.15, 0.2) is 29.4 Å². The van der Waals surface area contributed by atoms with E-state index >= 15 is 0 Å². The number of pyridine rings is 1. The number of nitrogens with one attached hydrogen (secondary N) is 1. The standard InChI is InChI=1S/C9H12N2OS/c1-10-8(6-12)7-13-9-2-4-11-5-3-9/h2-6,8,10H,7H2,1H3. The van der Waals surface area contributed by atoms with E-state index in [-0.39, 0.29) is 6.04 Å². The number of likely N-dealkylation sites (N-methyl/N-ethyl adjacent to an activating group) is 1. The summed E-state index contributed by atoms with van der Waals surface area (Å²) in [5, 5.41) is 2.92. The van der Waals surface area contributed by atoms with Crippen LogP contribution in [0.5, 0.6) is 0 Å². The molecule has 0 radical (unpaired) electrons. The van der Waals surface area contributed by atoms with E-state index in [4.69, 9.17) is 0 Å². The molecule has 0 bridgehead atoms. The highest BCUT2D eigenvalue weighted by Gasteiger charge is 2.03. The molecule has 0 aromatic carbocycles. The molecule has 1 unspecified atom stereocenters. The number of nitrogens with zero attached hydrogens (tertiary/aromatic N) is 1. The van der Waals surface area contributed by atoms with Crippen molar-refractivity contribution < 1.29 is 4.79 Å². The van der Waals surface area contributed by atoms with Crippen LogP contribution in [0, 0.1) is 0 Å². The first-order valence-electron chi connectivity index (χ1n) is 4.02. The molecule has 0 saturated carbocycles. The normalized spacial score (nSPS) is 12.4. The number of aldehydes is 1. The van der Waals surface area contributed by atoms with Gasteiger partial charge in [-0.25, -0.2) is 0 Å². The first-order chi connectivity index (χ1) is 6.36. The Balaban J connectivity index is 2.38. The molecular formula is C9H12N2OS. The van der Waals surface area contributed by atoms with Crippen LogP contribution in [0.1, 0.15) is 0 Å². The minimum atomic E-state index is -0.0711. The lowest BCUT2D eigenvalue weighted by molar-refractivity contribution is -0.109. The predicted octanol–water partition coefficient (Wildman–Crippen LogP) is 0.961. The molecule has 0 aliphatic rings. The predicted molar refractivity (Wildman–Crippen MR) is 53.9 cm³/mol. The van der Waals surface area contributed by atoms with Gasteiger partial charge >= 0.3 is 0 Å². The lowest BCUT2D eigenvalue weighted by Crippen LogP contribution is -2.28. The first-order valence-corrected chi connectivity index (χ1v) is 5.00. The van der Waals surface area contributed by atoms with Crippen molar-refractivity contribution in [2.24, 2.45) is 0 Å². The summed E-state index contributed by atoms with van der Waals surface area (Å²) in [5.74, 6) is 0.754. The maximum absolute atomic E-state index is 10.5. The molecule has 4 heteroatoms. The molecule has 1 aromatic heterocycles. The smallest absolute Gasteiger partial charge is 0.137 e. The monoisotopic (exact) mass is 196 g/mol. The largest absolute Gasteiger partial charge is 0.310 e. The highest BCUT2D eigenvalue weighted by Crippen LogP contribution is 2.16. The number of hydrogen-bond donors (Lipinski definition) is 1. The van der Waals surface area contributed by atoms with Crippen LogP contribution in [0.4, 0.5) is 0 Å². The number of thioether (sulfide) groups is 1. The Labute approximate surface area is 81.9 Å². The van der Waals surface area contributed by atoms with Crippen LogP contribution in [0.25, 0.3) is 0 Å². The van der Waals surface area contributed by atoms with Crippen LogP contribution >= 0.6 is 11.8 Å². The Hall–Kier alpha value is -0.870. The zero-order valence-electron chi connectivity index (χ0n) is 7.43. The molecule has 0 aliphatic heterocycles. The molecule has 1 atom stereocenters. The molecular weight excluding hydrogens is 184 g/mol. The summed E-state index contributed by atoms with van der Waals surface area (Å²) < 4.78 is 0. The molecule has 13 heavy (non-hydrogen) atoms. The average molecular weight is 196 g/mol. The Morgan fingerprint density at radius 1 is 1.62 bits per heavy atom. The summed E-state index contributed by atoms with van der Waals surface area (Å²) in [6, 6.07) is 3.79. The van der Waals surface area contributed by atoms with Gasteiger partial charge in [0.1, 0.15) is 6.29 Å². The van der Waals surface area contributed by atoms with Gasteiger partial charge in [0, 0.05) is 23.0 Å².